The van der Waals surface area contributed by atoms with Crippen LogP contribution in [0.1, 0.15) is 5.56 Å². The largest absolute Gasteiger partial charge is 0.466 e. The van der Waals surface area contributed by atoms with Gasteiger partial charge in [0.15, 0.2) is 0 Å². The third-order valence-electron chi connectivity index (χ3n) is 4.44. The summed E-state index contributed by atoms with van der Waals surface area (Å²) in [5.41, 5.74) is -0.266. The topological polar surface area (TPSA) is 85.7 Å². The molecule has 1 aromatic rings. The number of benzene rings is 1. The molecule has 3 rings (SSSR count). The van der Waals surface area contributed by atoms with Crippen LogP contribution in [0, 0.1) is 11.3 Å². The van der Waals surface area contributed by atoms with Gasteiger partial charge in [-0.05, 0) is 31.3 Å². The van der Waals surface area contributed by atoms with Gasteiger partial charge in [0.1, 0.15) is 0 Å². The molecule has 22 heavy (non-hydrogen) atoms. The monoisotopic (exact) mass is 300 g/mol. The number of hydrogen-bond donors (Lipinski definition) is 1. The molecule has 0 spiro atoms. The van der Waals surface area contributed by atoms with E-state index >= 15 is 0 Å². The highest BCUT2D eigenvalue weighted by molar-refractivity contribution is 6.11. The zero-order valence-corrected chi connectivity index (χ0v) is 12.4. The number of rotatable bonds is 2. The number of carbonyl (C=O) groups excluding carboxylic acids is 2. The van der Waals surface area contributed by atoms with Gasteiger partial charge in [0.25, 0.3) is 11.6 Å². The molecule has 7 nitrogen and oxygen atoms in total. The Hall–Kier alpha value is -2.59. The molecule has 114 valence electrons. The summed E-state index contributed by atoms with van der Waals surface area (Å²) < 4.78 is 4.91. The van der Waals surface area contributed by atoms with Crippen LogP contribution in [0.4, 0.5) is 5.69 Å². The smallest absolute Gasteiger partial charge is 0.357 e. The fraction of sp³-hybridized carbons (Fsp3) is 0.400. The predicted molar refractivity (Wildman–Crippen MR) is 77.8 cm³/mol. The van der Waals surface area contributed by atoms with Gasteiger partial charge in [0.05, 0.1) is 18.7 Å². The van der Waals surface area contributed by atoms with Crippen LogP contribution in [-0.2, 0) is 14.3 Å². The maximum absolute atomic E-state index is 12.5. The lowest BCUT2D eigenvalue weighted by Crippen LogP contribution is -2.71. The Balaban J connectivity index is 2.11. The van der Waals surface area contributed by atoms with Gasteiger partial charge in [-0.3, -0.25) is 9.69 Å². The number of nitrogens with one attached hydrogen (secondary N) is 1. The molecule has 0 saturated carbocycles. The van der Waals surface area contributed by atoms with E-state index in [-0.39, 0.29) is 11.9 Å². The summed E-state index contributed by atoms with van der Waals surface area (Å²) in [6, 6.07) is 8.89. The number of fused-ring (bicyclic) bond motifs is 2. The van der Waals surface area contributed by atoms with Crippen molar-refractivity contribution in [3.05, 3.63) is 29.8 Å². The van der Waals surface area contributed by atoms with Gasteiger partial charge in [0, 0.05) is 24.8 Å². The third-order valence-corrected chi connectivity index (χ3v) is 4.44. The maximum atomic E-state index is 12.5. The molecule has 2 aliphatic heterocycles. The quantitative estimate of drug-likeness (QED) is 0.595. The Bertz CT molecular complexity index is 656. The second-order valence-electron chi connectivity index (χ2n) is 5.41. The van der Waals surface area contributed by atoms with Crippen molar-refractivity contribution in [2.75, 3.05) is 32.1 Å². The van der Waals surface area contributed by atoms with Gasteiger partial charge in [0.2, 0.25) is 0 Å². The number of ether oxygens (including phenoxy) is 1. The van der Waals surface area contributed by atoms with Gasteiger partial charge >= 0.3 is 5.97 Å². The number of esters is 1. The van der Waals surface area contributed by atoms with Crippen LogP contribution >= 0.6 is 0 Å². The molecule has 2 heterocycles. The minimum Gasteiger partial charge on any atom is -0.466 e. The van der Waals surface area contributed by atoms with E-state index in [2.05, 4.69) is 11.4 Å². The number of nitriles is 1. The Kier molecular flexibility index (Phi) is 3.26. The van der Waals surface area contributed by atoms with Crippen molar-refractivity contribution < 1.29 is 14.3 Å². The van der Waals surface area contributed by atoms with Crippen molar-refractivity contribution in [1.29, 1.82) is 5.26 Å². The fourth-order valence-electron chi connectivity index (χ4n) is 3.24. The number of likely N-dealkylation sites (N-methyl/N-ethyl adjacent to an activating group) is 1. The fourth-order valence-corrected chi connectivity index (χ4v) is 3.24. The van der Waals surface area contributed by atoms with Crippen molar-refractivity contribution in [3.63, 3.8) is 0 Å². The van der Waals surface area contributed by atoms with Gasteiger partial charge < -0.3 is 15.0 Å². The molecule has 2 aliphatic rings. The molecule has 0 aliphatic carbocycles. The summed E-state index contributed by atoms with van der Waals surface area (Å²) in [5.74, 6) is -1.00. The Morgan fingerprint density at radius 1 is 1.45 bits per heavy atom. The highest BCUT2D eigenvalue weighted by Crippen LogP contribution is 2.37. The van der Waals surface area contributed by atoms with Crippen LogP contribution in [0.2, 0.25) is 0 Å². The Morgan fingerprint density at radius 3 is 2.73 bits per heavy atom. The minimum absolute atomic E-state index is 0.0208. The van der Waals surface area contributed by atoms with E-state index in [0.717, 1.165) is 0 Å². The van der Waals surface area contributed by atoms with E-state index in [4.69, 9.17) is 10.00 Å². The van der Waals surface area contributed by atoms with Gasteiger partial charge in [-0.25, -0.2) is 4.79 Å². The molecule has 0 aromatic heterocycles. The lowest BCUT2D eigenvalue weighted by molar-refractivity contribution is -0.161. The lowest BCUT2D eigenvalue weighted by atomic mass is 10.0. The molecule has 1 aromatic carbocycles. The summed E-state index contributed by atoms with van der Waals surface area (Å²) in [6.07, 6.45) is 0. The molecule has 2 fully saturated rings. The molecule has 2 atom stereocenters. The number of anilines is 1. The highest BCUT2D eigenvalue weighted by atomic mass is 16.5. The van der Waals surface area contributed by atoms with Crippen LogP contribution in [0.5, 0.6) is 0 Å². The standard InChI is InChI=1S/C15H16N4O3/c1-18-12-8-17-13(20)15(18,14(21)22-2)19(9-12)11-5-3-10(7-16)4-6-11/h3-6,12H,8-9H2,1-2H3,(H,17,20)/t12-,15+/m1/s1. The molecular weight excluding hydrogens is 284 g/mol. The minimum atomic E-state index is -1.49. The van der Waals surface area contributed by atoms with Crippen LogP contribution in [0.15, 0.2) is 24.3 Å². The number of hydrogen-bond acceptors (Lipinski definition) is 6. The van der Waals surface area contributed by atoms with Crippen molar-refractivity contribution >= 4 is 17.6 Å². The van der Waals surface area contributed by atoms with E-state index in [9.17, 15) is 9.59 Å². The summed E-state index contributed by atoms with van der Waals surface area (Å²) >= 11 is 0. The number of nitrogens with zero attached hydrogens (tertiary/aromatic N) is 3. The third kappa shape index (κ3) is 1.71. The van der Waals surface area contributed by atoms with Crippen molar-refractivity contribution in [1.82, 2.24) is 10.2 Å². The molecule has 2 saturated heterocycles. The number of methoxy groups -OCH3 is 1. The van der Waals surface area contributed by atoms with Crippen molar-refractivity contribution in [2.24, 2.45) is 0 Å². The lowest BCUT2D eigenvalue weighted by Gasteiger charge is -2.41. The molecule has 1 N–H and O–H groups in total. The van der Waals surface area contributed by atoms with Crippen LogP contribution in [0.3, 0.4) is 0 Å². The first kappa shape index (κ1) is 14.4. The number of amides is 1. The summed E-state index contributed by atoms with van der Waals surface area (Å²) in [4.78, 5) is 28.5. The summed E-state index contributed by atoms with van der Waals surface area (Å²) in [7, 11) is 3.03. The normalized spacial score (nSPS) is 27.2. The SMILES string of the molecule is COC(=O)[C@]12C(=O)NC[C@H](CN1c1ccc(C#N)cc1)N2C. The zero-order chi connectivity index (χ0) is 15.9. The second kappa shape index (κ2) is 5.00. The molecule has 7 heteroatoms. The van der Waals surface area contributed by atoms with E-state index in [0.29, 0.717) is 24.3 Å². The van der Waals surface area contributed by atoms with E-state index in [1.54, 1.807) is 41.1 Å². The van der Waals surface area contributed by atoms with Gasteiger partial charge in [-0.1, -0.05) is 0 Å². The van der Waals surface area contributed by atoms with E-state index in [1.807, 2.05) is 0 Å². The maximum Gasteiger partial charge on any atom is 0.357 e. The van der Waals surface area contributed by atoms with Crippen LogP contribution in [0.25, 0.3) is 0 Å². The van der Waals surface area contributed by atoms with Crippen LogP contribution in [-0.4, -0.2) is 55.7 Å². The van der Waals surface area contributed by atoms with Crippen molar-refractivity contribution in [3.8, 4) is 6.07 Å². The molecule has 0 radical (unpaired) electrons. The highest BCUT2D eigenvalue weighted by Gasteiger charge is 2.64. The molecule has 2 bridgehead atoms. The zero-order valence-electron chi connectivity index (χ0n) is 12.4. The Morgan fingerprint density at radius 2 is 2.14 bits per heavy atom. The Labute approximate surface area is 128 Å². The molecule has 0 unspecified atom stereocenters. The van der Waals surface area contributed by atoms with E-state index < -0.39 is 11.6 Å². The molecule has 1 amide bonds. The summed E-state index contributed by atoms with van der Waals surface area (Å²) in [6.45, 7) is 1.01. The van der Waals surface area contributed by atoms with Gasteiger partial charge in [-0.2, -0.15) is 5.26 Å². The number of piperazine rings is 1. The first-order valence-electron chi connectivity index (χ1n) is 6.93. The van der Waals surface area contributed by atoms with Crippen molar-refractivity contribution in [2.45, 2.75) is 11.7 Å². The number of carbonyl (C=O) groups is 2. The predicted octanol–water partition coefficient (Wildman–Crippen LogP) is -0.322. The molecular formula is C15H16N4O3. The van der Waals surface area contributed by atoms with Gasteiger partial charge in [-0.15, -0.1) is 0 Å². The average Bonchev–Trinajstić information content (AvgIpc) is 2.75. The first-order valence-corrected chi connectivity index (χ1v) is 6.93. The van der Waals surface area contributed by atoms with Crippen LogP contribution < -0.4 is 10.2 Å². The van der Waals surface area contributed by atoms with E-state index in [1.165, 1.54) is 7.11 Å². The first-order chi connectivity index (χ1) is 10.6. The second-order valence-corrected chi connectivity index (χ2v) is 5.41. The average molecular weight is 300 g/mol. The summed E-state index contributed by atoms with van der Waals surface area (Å²) in [5, 5.41) is 11.7.